The van der Waals surface area contributed by atoms with Gasteiger partial charge in [-0.15, -0.1) is 0 Å². The second-order valence-electron chi connectivity index (χ2n) is 3.17. The van der Waals surface area contributed by atoms with Crippen molar-refractivity contribution in [1.82, 2.24) is 0 Å². The Hall–Kier alpha value is 0.0569. The van der Waals surface area contributed by atoms with Gasteiger partial charge in [-0.2, -0.15) is 0 Å². The molecular weight excluding hydrogens is 200 g/mol. The van der Waals surface area contributed by atoms with Crippen molar-refractivity contribution in [1.29, 1.82) is 0 Å². The van der Waals surface area contributed by atoms with E-state index in [4.69, 9.17) is 13.6 Å². The molecular formula is C9H22O4Si. The molecule has 0 aromatic carbocycles. The fourth-order valence-electron chi connectivity index (χ4n) is 1.10. The molecule has 0 rings (SSSR count). The van der Waals surface area contributed by atoms with Gasteiger partial charge in [0.05, 0.1) is 6.23 Å². The zero-order valence-corrected chi connectivity index (χ0v) is 10.6. The molecule has 0 saturated carbocycles. The highest BCUT2D eigenvalue weighted by atomic mass is 28.4. The zero-order chi connectivity index (χ0) is 11.0. The summed E-state index contributed by atoms with van der Waals surface area (Å²) in [6.45, 7) is 8.91. The lowest BCUT2D eigenvalue weighted by molar-refractivity contribution is -0.0931. The number of aliphatic hydroxyl groups excluding tert-OH is 1. The van der Waals surface area contributed by atoms with Crippen LogP contribution < -0.4 is 0 Å². The zero-order valence-electron chi connectivity index (χ0n) is 9.58. The molecule has 4 nitrogen and oxygen atoms in total. The van der Waals surface area contributed by atoms with Crippen LogP contribution >= 0.6 is 0 Å². The molecule has 0 bridgehead atoms. The Morgan fingerprint density at radius 2 is 1.64 bits per heavy atom. The van der Waals surface area contributed by atoms with Crippen LogP contribution in [0.5, 0.6) is 0 Å². The molecule has 86 valence electrons. The third-order valence-electron chi connectivity index (χ3n) is 1.79. The van der Waals surface area contributed by atoms with E-state index < -0.39 is 14.9 Å². The van der Waals surface area contributed by atoms with E-state index in [1.807, 2.05) is 27.3 Å². The van der Waals surface area contributed by atoms with Gasteiger partial charge >= 0.3 is 8.56 Å². The van der Waals surface area contributed by atoms with E-state index in [2.05, 4.69) is 0 Å². The highest BCUT2D eigenvalue weighted by Gasteiger charge is 2.32. The molecule has 14 heavy (non-hydrogen) atoms. The normalized spacial score (nSPS) is 14.4. The summed E-state index contributed by atoms with van der Waals surface area (Å²) in [5.74, 6) is 0. The topological polar surface area (TPSA) is 47.9 Å². The summed E-state index contributed by atoms with van der Waals surface area (Å²) in [6.07, 6.45) is 0.259. The third kappa shape index (κ3) is 5.72. The second-order valence-corrected chi connectivity index (χ2v) is 6.31. The minimum Gasteiger partial charge on any atom is -0.393 e. The van der Waals surface area contributed by atoms with E-state index >= 15 is 0 Å². The van der Waals surface area contributed by atoms with Crippen LogP contribution in [-0.4, -0.2) is 39.4 Å². The minimum atomic E-state index is -2.21. The highest BCUT2D eigenvalue weighted by Crippen LogP contribution is 2.09. The molecule has 0 heterocycles. The molecule has 1 atom stereocenters. The molecule has 0 aliphatic carbocycles. The molecule has 1 unspecified atom stereocenters. The standard InChI is InChI=1S/C9H22O4Si/c1-5-9(10)11-8-14(4,12-6-2)13-7-3/h9-10H,5-8H2,1-4H3. The maximum absolute atomic E-state index is 9.25. The lowest BCUT2D eigenvalue weighted by Crippen LogP contribution is -2.45. The van der Waals surface area contributed by atoms with Gasteiger partial charge in [-0.05, 0) is 26.8 Å². The van der Waals surface area contributed by atoms with Gasteiger partial charge in [-0.1, -0.05) is 6.92 Å². The molecule has 0 spiro atoms. The van der Waals surface area contributed by atoms with Gasteiger partial charge in [0, 0.05) is 13.2 Å². The summed E-state index contributed by atoms with van der Waals surface area (Å²) >= 11 is 0. The summed E-state index contributed by atoms with van der Waals surface area (Å²) in [5.41, 5.74) is 0. The van der Waals surface area contributed by atoms with Crippen molar-refractivity contribution in [2.24, 2.45) is 0 Å². The van der Waals surface area contributed by atoms with Crippen molar-refractivity contribution in [2.45, 2.75) is 40.0 Å². The van der Waals surface area contributed by atoms with Crippen molar-refractivity contribution in [3.05, 3.63) is 0 Å². The Bertz CT molecular complexity index is 137. The number of hydrogen-bond acceptors (Lipinski definition) is 4. The van der Waals surface area contributed by atoms with Crippen molar-refractivity contribution < 1.29 is 18.7 Å². The Morgan fingerprint density at radius 1 is 1.14 bits per heavy atom. The maximum Gasteiger partial charge on any atom is 0.361 e. The molecule has 5 heteroatoms. The first-order chi connectivity index (χ1) is 6.58. The van der Waals surface area contributed by atoms with Crippen LogP contribution in [0.15, 0.2) is 0 Å². The molecule has 0 aromatic rings. The molecule has 0 aromatic heterocycles. The number of rotatable bonds is 8. The predicted molar refractivity (Wildman–Crippen MR) is 57.1 cm³/mol. The molecule has 0 fully saturated rings. The van der Waals surface area contributed by atoms with Crippen LogP contribution in [0, 0.1) is 0 Å². The Labute approximate surface area is 87.4 Å². The van der Waals surface area contributed by atoms with Gasteiger partial charge in [0.25, 0.3) is 0 Å². The van der Waals surface area contributed by atoms with Crippen LogP contribution in [0.4, 0.5) is 0 Å². The molecule has 1 N–H and O–H groups in total. The summed E-state index contributed by atoms with van der Waals surface area (Å²) < 4.78 is 16.3. The van der Waals surface area contributed by atoms with Crippen molar-refractivity contribution in [3.8, 4) is 0 Å². The smallest absolute Gasteiger partial charge is 0.361 e. The highest BCUT2D eigenvalue weighted by molar-refractivity contribution is 6.65. The number of aliphatic hydroxyl groups is 1. The van der Waals surface area contributed by atoms with E-state index in [-0.39, 0.29) is 0 Å². The van der Waals surface area contributed by atoms with Crippen LogP contribution in [0.1, 0.15) is 27.2 Å². The van der Waals surface area contributed by atoms with Gasteiger partial charge in [0.2, 0.25) is 0 Å². The monoisotopic (exact) mass is 222 g/mol. The van der Waals surface area contributed by atoms with Crippen LogP contribution in [0.25, 0.3) is 0 Å². The average Bonchev–Trinajstić information content (AvgIpc) is 2.15. The number of hydrogen-bond donors (Lipinski definition) is 1. The molecule has 0 aliphatic rings. The van der Waals surface area contributed by atoms with E-state index in [9.17, 15) is 5.11 Å². The van der Waals surface area contributed by atoms with Crippen molar-refractivity contribution in [2.75, 3.05) is 19.4 Å². The molecule has 0 saturated heterocycles. The van der Waals surface area contributed by atoms with Crippen LogP contribution in [0.2, 0.25) is 6.55 Å². The SMILES string of the molecule is CCO[Si](C)(COC(O)CC)OCC. The van der Waals surface area contributed by atoms with E-state index in [1.165, 1.54) is 0 Å². The van der Waals surface area contributed by atoms with Gasteiger partial charge in [0.1, 0.15) is 0 Å². The van der Waals surface area contributed by atoms with Crippen molar-refractivity contribution in [3.63, 3.8) is 0 Å². The van der Waals surface area contributed by atoms with E-state index in [0.717, 1.165) is 0 Å². The summed E-state index contributed by atoms with van der Waals surface area (Å²) in [4.78, 5) is 0. The predicted octanol–water partition coefficient (Wildman–Crippen LogP) is 1.42. The Morgan fingerprint density at radius 3 is 2.00 bits per heavy atom. The number of ether oxygens (including phenoxy) is 1. The Kier molecular flexibility index (Phi) is 7.39. The first-order valence-corrected chi connectivity index (χ1v) is 7.67. The maximum atomic E-state index is 9.25. The quantitative estimate of drug-likeness (QED) is 0.498. The van der Waals surface area contributed by atoms with Crippen LogP contribution in [-0.2, 0) is 13.6 Å². The lowest BCUT2D eigenvalue weighted by atomic mass is 10.5. The average molecular weight is 222 g/mol. The van der Waals surface area contributed by atoms with Crippen LogP contribution in [0.3, 0.4) is 0 Å². The molecule has 0 amide bonds. The fraction of sp³-hybridized carbons (Fsp3) is 1.00. The van der Waals surface area contributed by atoms with E-state index in [1.54, 1.807) is 0 Å². The molecule has 0 radical (unpaired) electrons. The van der Waals surface area contributed by atoms with Gasteiger partial charge in [0.15, 0.2) is 6.29 Å². The van der Waals surface area contributed by atoms with E-state index in [0.29, 0.717) is 25.9 Å². The minimum absolute atomic E-state index is 0.379. The fourth-order valence-corrected chi connectivity index (χ4v) is 3.07. The summed E-state index contributed by atoms with van der Waals surface area (Å²) in [5, 5.41) is 9.25. The summed E-state index contributed by atoms with van der Waals surface area (Å²) in [7, 11) is -2.21. The van der Waals surface area contributed by atoms with Gasteiger partial charge in [-0.3, -0.25) is 0 Å². The first-order valence-electron chi connectivity index (χ1n) is 5.15. The Balaban J connectivity index is 3.94. The molecule has 0 aliphatic heterocycles. The second kappa shape index (κ2) is 7.36. The lowest BCUT2D eigenvalue weighted by Gasteiger charge is -2.26. The summed E-state index contributed by atoms with van der Waals surface area (Å²) in [6, 6.07) is 0. The van der Waals surface area contributed by atoms with Gasteiger partial charge < -0.3 is 18.7 Å². The third-order valence-corrected chi connectivity index (χ3v) is 4.28. The largest absolute Gasteiger partial charge is 0.393 e. The van der Waals surface area contributed by atoms with Gasteiger partial charge in [-0.25, -0.2) is 0 Å². The first kappa shape index (κ1) is 14.1. The van der Waals surface area contributed by atoms with Crippen molar-refractivity contribution >= 4 is 8.56 Å².